The number of hydrogen-bond donors (Lipinski definition) is 0. The zero-order valence-corrected chi connectivity index (χ0v) is 6.22. The first-order chi connectivity index (χ1) is 3.42. The molecule has 0 saturated heterocycles. The molecular formula is C4H7Cl3O2. The maximum atomic E-state index is 9.98. The summed E-state index contributed by atoms with van der Waals surface area (Å²) in [6, 6.07) is 0. The quantitative estimate of drug-likeness (QED) is 0.436. The van der Waals surface area contributed by atoms with Gasteiger partial charge in [-0.15, -0.1) is 0 Å². The van der Waals surface area contributed by atoms with Crippen LogP contribution in [0.25, 0.3) is 0 Å². The molecule has 0 aromatic heterocycles. The molecule has 0 aliphatic carbocycles. The number of rotatable bonds is 0. The van der Waals surface area contributed by atoms with E-state index in [2.05, 4.69) is 4.74 Å². The first-order valence-corrected chi connectivity index (χ1v) is 2.81. The van der Waals surface area contributed by atoms with Crippen molar-refractivity contribution in [3.05, 3.63) is 0 Å². The van der Waals surface area contributed by atoms with Gasteiger partial charge in [0.05, 0.1) is 0 Å². The van der Waals surface area contributed by atoms with Crippen LogP contribution in [0.2, 0.25) is 0 Å². The molecule has 0 aromatic rings. The Bertz CT molecular complexity index is 96.5. The molecule has 0 rings (SSSR count). The van der Waals surface area contributed by atoms with Crippen LogP contribution in [0.3, 0.4) is 0 Å². The fraction of sp³-hybridized carbons (Fsp3) is 0.750. The lowest BCUT2D eigenvalue weighted by atomic mass is 10.8. The number of carbonyl (C=O) groups is 1. The Morgan fingerprint density at radius 3 is 1.78 bits per heavy atom. The highest BCUT2D eigenvalue weighted by molar-refractivity contribution is 6.66. The fourth-order valence-electron chi connectivity index (χ4n) is 0.163. The standard InChI is InChI=1S/C3H3Cl3O2.CH4/c1-2(7)8-3(4,5)6;/h1H3;1H4. The third-order valence-electron chi connectivity index (χ3n) is 0.259. The monoisotopic (exact) mass is 192 g/mol. The lowest BCUT2D eigenvalue weighted by molar-refractivity contribution is -0.141. The summed E-state index contributed by atoms with van der Waals surface area (Å²) in [5, 5.41) is 0. The molecule has 0 fully saturated rings. The molecule has 0 N–H and O–H groups in total. The van der Waals surface area contributed by atoms with E-state index in [1.165, 1.54) is 0 Å². The second-order valence-electron chi connectivity index (χ2n) is 1.04. The minimum absolute atomic E-state index is 0. The molecule has 0 atom stereocenters. The van der Waals surface area contributed by atoms with Crippen molar-refractivity contribution in [3.8, 4) is 0 Å². The van der Waals surface area contributed by atoms with Gasteiger partial charge >= 0.3 is 9.95 Å². The maximum absolute atomic E-state index is 9.98. The van der Waals surface area contributed by atoms with Gasteiger partial charge in [0.2, 0.25) is 0 Å². The second kappa shape index (κ2) is 4.20. The van der Waals surface area contributed by atoms with Crippen LogP contribution in [-0.4, -0.2) is 9.95 Å². The topological polar surface area (TPSA) is 26.3 Å². The van der Waals surface area contributed by atoms with Gasteiger partial charge in [-0.3, -0.25) is 4.79 Å². The van der Waals surface area contributed by atoms with Gasteiger partial charge in [0.1, 0.15) is 0 Å². The van der Waals surface area contributed by atoms with E-state index in [9.17, 15) is 4.79 Å². The van der Waals surface area contributed by atoms with Crippen LogP contribution >= 0.6 is 34.8 Å². The maximum Gasteiger partial charge on any atom is 0.340 e. The van der Waals surface area contributed by atoms with E-state index in [0.717, 1.165) is 6.92 Å². The predicted octanol–water partition coefficient (Wildman–Crippen LogP) is 2.51. The third-order valence-corrected chi connectivity index (χ3v) is 0.491. The van der Waals surface area contributed by atoms with Crippen LogP contribution < -0.4 is 0 Å². The van der Waals surface area contributed by atoms with Gasteiger partial charge in [-0.1, -0.05) is 7.43 Å². The molecule has 0 spiro atoms. The SMILES string of the molecule is C.CC(=O)OC(Cl)(Cl)Cl. The number of hydrogen-bond acceptors (Lipinski definition) is 2. The van der Waals surface area contributed by atoms with Crippen molar-refractivity contribution in [1.29, 1.82) is 0 Å². The summed E-state index contributed by atoms with van der Waals surface area (Å²) in [6.45, 7) is 1.15. The summed E-state index contributed by atoms with van der Waals surface area (Å²) in [5.41, 5.74) is 0. The zero-order valence-electron chi connectivity index (χ0n) is 3.95. The van der Waals surface area contributed by atoms with Crippen LogP contribution in [-0.2, 0) is 9.53 Å². The number of carbonyl (C=O) groups excluding carboxylic acids is 1. The van der Waals surface area contributed by atoms with Crippen molar-refractivity contribution in [2.75, 3.05) is 0 Å². The summed E-state index contributed by atoms with van der Waals surface area (Å²) in [7, 11) is 0. The predicted molar refractivity (Wildman–Crippen MR) is 38.8 cm³/mol. The Labute approximate surface area is 69.0 Å². The number of esters is 1. The van der Waals surface area contributed by atoms with Gasteiger partial charge in [0.25, 0.3) is 0 Å². The molecule has 9 heavy (non-hydrogen) atoms. The summed E-state index contributed by atoms with van der Waals surface area (Å²) >= 11 is 15.0. The molecule has 0 heterocycles. The van der Waals surface area contributed by atoms with Crippen molar-refractivity contribution in [2.45, 2.75) is 18.3 Å². The smallest absolute Gasteiger partial charge is 0.340 e. The summed E-state index contributed by atoms with van der Waals surface area (Å²) in [6.07, 6.45) is 0. The van der Waals surface area contributed by atoms with Gasteiger partial charge < -0.3 is 4.74 Å². The molecule has 0 unspecified atom stereocenters. The van der Waals surface area contributed by atoms with Crippen LogP contribution in [0.15, 0.2) is 0 Å². The summed E-state index contributed by atoms with van der Waals surface area (Å²) in [4.78, 5) is 9.98. The first kappa shape index (κ1) is 12.1. The Hall–Kier alpha value is 0.340. The molecule has 0 amide bonds. The molecule has 0 aliphatic rings. The van der Waals surface area contributed by atoms with Gasteiger partial charge in [0.15, 0.2) is 0 Å². The highest BCUT2D eigenvalue weighted by Gasteiger charge is 2.22. The van der Waals surface area contributed by atoms with Crippen molar-refractivity contribution >= 4 is 40.8 Å². The van der Waals surface area contributed by atoms with Crippen molar-refractivity contribution in [1.82, 2.24) is 0 Å². The van der Waals surface area contributed by atoms with Crippen LogP contribution in [0.1, 0.15) is 14.4 Å². The molecule has 2 nitrogen and oxygen atoms in total. The largest absolute Gasteiger partial charge is 0.415 e. The molecule has 0 radical (unpaired) electrons. The summed E-state index contributed by atoms with van der Waals surface area (Å²) < 4.78 is 2.18. The Morgan fingerprint density at radius 2 is 1.78 bits per heavy atom. The van der Waals surface area contributed by atoms with E-state index in [1.54, 1.807) is 0 Å². The van der Waals surface area contributed by atoms with Crippen molar-refractivity contribution in [2.24, 2.45) is 0 Å². The van der Waals surface area contributed by atoms with Gasteiger partial charge in [-0.05, 0) is 34.8 Å². The van der Waals surface area contributed by atoms with Gasteiger partial charge in [-0.25, -0.2) is 0 Å². The molecular weight excluding hydrogens is 186 g/mol. The van der Waals surface area contributed by atoms with Crippen molar-refractivity contribution in [3.63, 3.8) is 0 Å². The normalized spacial score (nSPS) is 9.78. The number of ether oxygens (including phenoxy) is 1. The van der Waals surface area contributed by atoms with E-state index in [4.69, 9.17) is 34.8 Å². The Morgan fingerprint density at radius 1 is 1.44 bits per heavy atom. The van der Waals surface area contributed by atoms with Gasteiger partial charge in [0, 0.05) is 6.92 Å². The minimum atomic E-state index is -1.91. The number of halogens is 3. The average molecular weight is 193 g/mol. The molecule has 5 heteroatoms. The van der Waals surface area contributed by atoms with E-state index in [-0.39, 0.29) is 7.43 Å². The van der Waals surface area contributed by atoms with E-state index >= 15 is 0 Å². The fourth-order valence-corrected chi connectivity index (χ4v) is 0.489. The Kier molecular flexibility index (Phi) is 5.63. The second-order valence-corrected chi connectivity index (χ2v) is 3.22. The lowest BCUT2D eigenvalue weighted by Gasteiger charge is -2.08. The van der Waals surface area contributed by atoms with E-state index in [0.29, 0.717) is 0 Å². The highest BCUT2D eigenvalue weighted by atomic mass is 35.6. The van der Waals surface area contributed by atoms with E-state index in [1.807, 2.05) is 0 Å². The Balaban J connectivity index is 0. The summed E-state index contributed by atoms with van der Waals surface area (Å²) in [5.74, 6) is -0.620. The first-order valence-electron chi connectivity index (χ1n) is 1.68. The van der Waals surface area contributed by atoms with Crippen LogP contribution in [0.4, 0.5) is 0 Å². The molecule has 0 bridgehead atoms. The number of alkyl halides is 3. The lowest BCUT2D eigenvalue weighted by Crippen LogP contribution is -2.12. The average Bonchev–Trinajstić information content (AvgIpc) is 1.21. The third kappa shape index (κ3) is 11.8. The molecule has 0 saturated carbocycles. The van der Waals surface area contributed by atoms with E-state index < -0.39 is 9.95 Å². The van der Waals surface area contributed by atoms with Crippen LogP contribution in [0, 0.1) is 0 Å². The zero-order chi connectivity index (χ0) is 6.78. The minimum Gasteiger partial charge on any atom is -0.415 e. The van der Waals surface area contributed by atoms with Crippen LogP contribution in [0.5, 0.6) is 0 Å². The molecule has 56 valence electrons. The van der Waals surface area contributed by atoms with Crippen molar-refractivity contribution < 1.29 is 9.53 Å². The van der Waals surface area contributed by atoms with Gasteiger partial charge in [-0.2, -0.15) is 0 Å². The molecule has 0 aromatic carbocycles. The highest BCUT2D eigenvalue weighted by Crippen LogP contribution is 2.26. The molecule has 0 aliphatic heterocycles.